The topological polar surface area (TPSA) is 68.4 Å². The fraction of sp³-hybridized carbons (Fsp3) is 0.348. The maximum Gasteiger partial charge on any atom is 0.291 e. The van der Waals surface area contributed by atoms with E-state index in [2.05, 4.69) is 30.3 Å². The number of aryl methyl sites for hydroxylation is 2. The molecule has 0 saturated carbocycles. The molecule has 1 N–H and O–H groups in total. The van der Waals surface area contributed by atoms with E-state index in [1.165, 1.54) is 15.1 Å². The lowest BCUT2D eigenvalue weighted by molar-refractivity contribution is -0.121. The molecule has 4 rings (SSSR count). The van der Waals surface area contributed by atoms with E-state index in [0.29, 0.717) is 18.5 Å². The van der Waals surface area contributed by atoms with Crippen LogP contribution in [-0.2, 0) is 24.2 Å². The molecule has 0 saturated heterocycles. The van der Waals surface area contributed by atoms with E-state index in [1.807, 2.05) is 47.7 Å². The lowest BCUT2D eigenvalue weighted by Gasteiger charge is -2.14. The van der Waals surface area contributed by atoms with Crippen molar-refractivity contribution in [2.24, 2.45) is 0 Å². The van der Waals surface area contributed by atoms with E-state index in [0.717, 1.165) is 22.5 Å². The number of thiophene rings is 1. The predicted molar refractivity (Wildman–Crippen MR) is 121 cm³/mol. The Morgan fingerprint density at radius 3 is 2.60 bits per heavy atom. The van der Waals surface area contributed by atoms with Gasteiger partial charge in [0.25, 0.3) is 5.56 Å². The molecule has 1 atom stereocenters. The number of rotatable bonds is 7. The van der Waals surface area contributed by atoms with Gasteiger partial charge in [0, 0.05) is 17.8 Å². The van der Waals surface area contributed by atoms with Crippen molar-refractivity contribution in [1.29, 1.82) is 0 Å². The Morgan fingerprint density at radius 2 is 1.90 bits per heavy atom. The van der Waals surface area contributed by atoms with Gasteiger partial charge in [-0.1, -0.05) is 51.1 Å². The molecule has 0 bridgehead atoms. The standard InChI is InChI=1S/C23H26N4O2S/c1-4-17-11-18-20(30-17)12-19-23(29)26(25-21(5-2)27(18)19)14-22(28)24-13-15(3)16-9-7-6-8-10-16/h6-12,15H,4-5,13-14H2,1-3H3,(H,24,28)/t15-/m1/s1. The Morgan fingerprint density at radius 1 is 1.13 bits per heavy atom. The number of fused-ring (bicyclic) bond motifs is 3. The minimum Gasteiger partial charge on any atom is -0.354 e. The summed E-state index contributed by atoms with van der Waals surface area (Å²) in [6.07, 6.45) is 1.64. The SMILES string of the molecule is CCc1cc2c(cc3c(=O)n(CC(=O)NC[C@@H](C)c4ccccc4)nc(CC)n32)s1. The van der Waals surface area contributed by atoms with Crippen LogP contribution in [0.15, 0.2) is 47.3 Å². The highest BCUT2D eigenvalue weighted by molar-refractivity contribution is 7.19. The number of carbonyl (C=O) groups is 1. The van der Waals surface area contributed by atoms with Crippen LogP contribution >= 0.6 is 11.3 Å². The largest absolute Gasteiger partial charge is 0.354 e. The molecule has 156 valence electrons. The molecular formula is C23H26N4O2S. The third kappa shape index (κ3) is 3.77. The highest BCUT2D eigenvalue weighted by Crippen LogP contribution is 2.29. The van der Waals surface area contributed by atoms with Gasteiger partial charge < -0.3 is 5.32 Å². The number of nitrogens with zero attached hydrogens (tertiary/aromatic N) is 3. The van der Waals surface area contributed by atoms with Gasteiger partial charge in [0.15, 0.2) is 0 Å². The fourth-order valence-electron chi connectivity index (χ4n) is 3.71. The van der Waals surface area contributed by atoms with Gasteiger partial charge in [-0.25, -0.2) is 4.68 Å². The van der Waals surface area contributed by atoms with Crippen molar-refractivity contribution in [2.75, 3.05) is 6.54 Å². The molecule has 0 radical (unpaired) electrons. The van der Waals surface area contributed by atoms with Crippen LogP contribution in [0.4, 0.5) is 0 Å². The first-order valence-corrected chi connectivity index (χ1v) is 11.2. The van der Waals surface area contributed by atoms with Crippen LogP contribution in [0.2, 0.25) is 0 Å². The summed E-state index contributed by atoms with van der Waals surface area (Å²) in [7, 11) is 0. The van der Waals surface area contributed by atoms with Gasteiger partial charge in [-0.05, 0) is 30.0 Å². The third-order valence-electron chi connectivity index (χ3n) is 5.42. The molecule has 0 unspecified atom stereocenters. The maximum atomic E-state index is 13.0. The van der Waals surface area contributed by atoms with E-state index in [4.69, 9.17) is 0 Å². The zero-order valence-corrected chi connectivity index (χ0v) is 18.3. The Balaban J connectivity index is 1.57. The van der Waals surface area contributed by atoms with Crippen molar-refractivity contribution in [2.45, 2.75) is 46.1 Å². The van der Waals surface area contributed by atoms with E-state index in [-0.39, 0.29) is 23.9 Å². The summed E-state index contributed by atoms with van der Waals surface area (Å²) in [5.41, 5.74) is 2.54. The number of amides is 1. The van der Waals surface area contributed by atoms with Crippen LogP contribution in [0.5, 0.6) is 0 Å². The Kier molecular flexibility index (Phi) is 5.72. The minimum absolute atomic E-state index is 0.0805. The average molecular weight is 423 g/mol. The molecule has 6 nitrogen and oxygen atoms in total. The zero-order chi connectivity index (χ0) is 21.3. The van der Waals surface area contributed by atoms with Crippen molar-refractivity contribution in [1.82, 2.24) is 19.5 Å². The Bertz CT molecular complexity index is 1250. The number of carbonyl (C=O) groups excluding carboxylic acids is 1. The van der Waals surface area contributed by atoms with Gasteiger partial charge in [-0.3, -0.25) is 14.0 Å². The lowest BCUT2D eigenvalue weighted by atomic mass is 10.0. The quantitative estimate of drug-likeness (QED) is 0.493. The van der Waals surface area contributed by atoms with Gasteiger partial charge >= 0.3 is 0 Å². The molecule has 3 heterocycles. The number of aromatic nitrogens is 3. The van der Waals surface area contributed by atoms with E-state index >= 15 is 0 Å². The van der Waals surface area contributed by atoms with Gasteiger partial charge in [-0.2, -0.15) is 5.10 Å². The van der Waals surface area contributed by atoms with Crippen LogP contribution < -0.4 is 10.9 Å². The third-order valence-corrected chi connectivity index (χ3v) is 6.64. The normalized spacial score (nSPS) is 12.5. The van der Waals surface area contributed by atoms with Crippen molar-refractivity contribution < 1.29 is 4.79 Å². The minimum atomic E-state index is -0.236. The van der Waals surface area contributed by atoms with Crippen molar-refractivity contribution in [3.8, 4) is 0 Å². The number of hydrogen-bond acceptors (Lipinski definition) is 4. The number of hydrogen-bond donors (Lipinski definition) is 1. The molecule has 0 aliphatic heterocycles. The molecule has 7 heteroatoms. The van der Waals surface area contributed by atoms with Crippen LogP contribution in [0.25, 0.3) is 15.7 Å². The second kappa shape index (κ2) is 8.44. The molecular weight excluding hydrogens is 396 g/mol. The molecule has 4 aromatic rings. The molecule has 0 aliphatic carbocycles. The zero-order valence-electron chi connectivity index (χ0n) is 17.5. The smallest absolute Gasteiger partial charge is 0.291 e. The van der Waals surface area contributed by atoms with E-state index in [9.17, 15) is 9.59 Å². The highest BCUT2D eigenvalue weighted by atomic mass is 32.1. The molecule has 1 aromatic carbocycles. The van der Waals surface area contributed by atoms with Gasteiger partial charge in [0.05, 0.1) is 10.2 Å². The first kappa shape index (κ1) is 20.3. The molecule has 30 heavy (non-hydrogen) atoms. The molecule has 1 amide bonds. The average Bonchev–Trinajstić information content (AvgIpc) is 3.33. The number of nitrogens with one attached hydrogen (secondary N) is 1. The Labute approximate surface area is 179 Å². The van der Waals surface area contributed by atoms with E-state index < -0.39 is 0 Å². The second-order valence-electron chi connectivity index (χ2n) is 7.53. The van der Waals surface area contributed by atoms with Gasteiger partial charge in [0.1, 0.15) is 17.9 Å². The van der Waals surface area contributed by atoms with Crippen molar-refractivity contribution >= 4 is 33.0 Å². The lowest BCUT2D eigenvalue weighted by Crippen LogP contribution is -2.36. The molecule has 3 aromatic heterocycles. The fourth-order valence-corrected chi connectivity index (χ4v) is 4.73. The highest BCUT2D eigenvalue weighted by Gasteiger charge is 2.17. The maximum absolute atomic E-state index is 13.0. The van der Waals surface area contributed by atoms with Crippen LogP contribution in [0, 0.1) is 0 Å². The summed E-state index contributed by atoms with van der Waals surface area (Å²) < 4.78 is 4.32. The summed E-state index contributed by atoms with van der Waals surface area (Å²) in [5.74, 6) is 0.768. The summed E-state index contributed by atoms with van der Waals surface area (Å²) in [6.45, 7) is 6.64. The van der Waals surface area contributed by atoms with Gasteiger partial charge in [-0.15, -0.1) is 11.3 Å². The van der Waals surface area contributed by atoms with Gasteiger partial charge in [0.2, 0.25) is 5.91 Å². The van der Waals surface area contributed by atoms with E-state index in [1.54, 1.807) is 11.3 Å². The van der Waals surface area contributed by atoms with Crippen LogP contribution in [0.3, 0.4) is 0 Å². The summed E-state index contributed by atoms with van der Waals surface area (Å²) in [5, 5.41) is 7.45. The summed E-state index contributed by atoms with van der Waals surface area (Å²) in [4.78, 5) is 26.8. The first-order chi connectivity index (χ1) is 14.5. The first-order valence-electron chi connectivity index (χ1n) is 10.4. The summed E-state index contributed by atoms with van der Waals surface area (Å²) in [6, 6.07) is 14.1. The predicted octanol–water partition coefficient (Wildman–Crippen LogP) is 3.76. The van der Waals surface area contributed by atoms with Crippen LogP contribution in [0.1, 0.15) is 43.0 Å². The monoisotopic (exact) mass is 422 g/mol. The molecule has 0 spiro atoms. The molecule has 0 fully saturated rings. The molecule has 0 aliphatic rings. The van der Waals surface area contributed by atoms with Crippen LogP contribution in [-0.4, -0.2) is 26.6 Å². The summed E-state index contributed by atoms with van der Waals surface area (Å²) >= 11 is 1.70. The van der Waals surface area contributed by atoms with Crippen molar-refractivity contribution in [3.63, 3.8) is 0 Å². The number of benzene rings is 1. The second-order valence-corrected chi connectivity index (χ2v) is 8.70. The Hall–Kier alpha value is -2.93. The van der Waals surface area contributed by atoms with Crippen molar-refractivity contribution in [3.05, 3.63) is 69.1 Å².